The number of fused-ring (bicyclic) bond motifs is 1. The highest BCUT2D eigenvalue weighted by Gasteiger charge is 2.44. The molecule has 176 valence electrons. The van der Waals surface area contributed by atoms with Gasteiger partial charge in [-0.25, -0.2) is 14.7 Å². The second-order valence-corrected chi connectivity index (χ2v) is 9.16. The van der Waals surface area contributed by atoms with Crippen LogP contribution in [0.2, 0.25) is 5.02 Å². The first-order chi connectivity index (χ1) is 15.6. The zero-order valence-corrected chi connectivity index (χ0v) is 18.4. The molecule has 1 fully saturated rings. The van der Waals surface area contributed by atoms with Gasteiger partial charge in [-0.1, -0.05) is 17.7 Å². The summed E-state index contributed by atoms with van der Waals surface area (Å²) in [6, 6.07) is 5.85. The summed E-state index contributed by atoms with van der Waals surface area (Å²) in [6.07, 6.45) is -2.33. The molecular formula is C18H20ClN7O6S. The number of amides is 1. The molecule has 15 heteroatoms. The van der Waals surface area contributed by atoms with Gasteiger partial charge in [0.2, 0.25) is 0 Å². The molecule has 4 atom stereocenters. The number of nitrogens with zero attached hydrogens (tertiary/aromatic N) is 3. The second-order valence-electron chi connectivity index (χ2n) is 7.26. The number of aromatic nitrogens is 3. The Bertz CT molecular complexity index is 1300. The summed E-state index contributed by atoms with van der Waals surface area (Å²) in [5.41, 5.74) is 12.4. The van der Waals surface area contributed by atoms with Crippen molar-refractivity contribution in [3.8, 4) is 0 Å². The number of aliphatic hydroxyl groups excluding tert-OH is 2. The lowest BCUT2D eigenvalue weighted by atomic mass is 10.1. The fraction of sp³-hybridized carbons (Fsp3) is 0.278. The van der Waals surface area contributed by atoms with Gasteiger partial charge in [0.25, 0.3) is 5.91 Å². The zero-order chi connectivity index (χ0) is 23.9. The average Bonchev–Trinajstić information content (AvgIpc) is 3.29. The van der Waals surface area contributed by atoms with Crippen LogP contribution in [0.1, 0.15) is 16.6 Å². The number of benzene rings is 1. The highest BCUT2D eigenvalue weighted by Crippen LogP contribution is 2.32. The SMILES string of the molecule is Nc1cccc(Cl)c1C(=O)NS(=O)(=O)NC[C@H]1O[C@@H](n2cnc3c(N)ccnc32)[C@H](O)[C@@H]1O. The zero-order valence-electron chi connectivity index (χ0n) is 16.8. The third-order valence-corrected chi connectivity index (χ3v) is 6.39. The number of nitrogens with one attached hydrogen (secondary N) is 2. The Morgan fingerprint density at radius 3 is 2.67 bits per heavy atom. The van der Waals surface area contributed by atoms with Crippen molar-refractivity contribution in [3.05, 3.63) is 47.4 Å². The number of rotatable bonds is 6. The van der Waals surface area contributed by atoms with Gasteiger partial charge in [0.05, 0.1) is 22.6 Å². The highest BCUT2D eigenvalue weighted by atomic mass is 35.5. The first-order valence-electron chi connectivity index (χ1n) is 9.53. The molecule has 4 rings (SSSR count). The summed E-state index contributed by atoms with van der Waals surface area (Å²) in [6.45, 7) is -0.461. The maximum Gasteiger partial charge on any atom is 0.301 e. The summed E-state index contributed by atoms with van der Waals surface area (Å²) in [7, 11) is -4.39. The molecule has 3 heterocycles. The normalized spacial score (nSPS) is 23.1. The van der Waals surface area contributed by atoms with Gasteiger partial charge in [-0.2, -0.15) is 13.1 Å². The van der Waals surface area contributed by atoms with E-state index in [2.05, 4.69) is 14.7 Å². The largest absolute Gasteiger partial charge is 0.398 e. The van der Waals surface area contributed by atoms with E-state index in [1.54, 1.807) is 10.8 Å². The fourth-order valence-corrected chi connectivity index (χ4v) is 4.52. The van der Waals surface area contributed by atoms with E-state index in [-0.39, 0.29) is 16.3 Å². The molecular weight excluding hydrogens is 478 g/mol. The number of hydrogen-bond acceptors (Lipinski definition) is 10. The Balaban J connectivity index is 1.45. The molecule has 8 N–H and O–H groups in total. The van der Waals surface area contributed by atoms with Crippen LogP contribution in [0.3, 0.4) is 0 Å². The molecule has 3 aromatic rings. The van der Waals surface area contributed by atoms with Gasteiger partial charge in [0.15, 0.2) is 11.9 Å². The van der Waals surface area contributed by atoms with Crippen LogP contribution in [-0.4, -0.2) is 63.9 Å². The van der Waals surface area contributed by atoms with Crippen molar-refractivity contribution in [2.45, 2.75) is 24.5 Å². The summed E-state index contributed by atoms with van der Waals surface area (Å²) >= 11 is 5.93. The van der Waals surface area contributed by atoms with Gasteiger partial charge in [-0.05, 0) is 18.2 Å². The number of pyridine rings is 1. The molecule has 0 radical (unpaired) electrons. The monoisotopic (exact) mass is 497 g/mol. The number of halogens is 1. The minimum atomic E-state index is -4.39. The van der Waals surface area contributed by atoms with Crippen LogP contribution in [0.25, 0.3) is 11.2 Å². The van der Waals surface area contributed by atoms with Crippen molar-refractivity contribution < 1.29 is 28.2 Å². The Hall–Kier alpha value is -3.01. The van der Waals surface area contributed by atoms with E-state index in [4.69, 9.17) is 27.8 Å². The van der Waals surface area contributed by atoms with E-state index < -0.39 is 47.2 Å². The summed E-state index contributed by atoms with van der Waals surface area (Å²) in [5.74, 6) is -1.04. The van der Waals surface area contributed by atoms with Gasteiger partial charge >= 0.3 is 10.2 Å². The maximum absolute atomic E-state index is 12.3. The Morgan fingerprint density at radius 1 is 1.18 bits per heavy atom. The molecule has 2 aromatic heterocycles. The van der Waals surface area contributed by atoms with Gasteiger partial charge < -0.3 is 26.4 Å². The molecule has 0 saturated carbocycles. The number of imidazole rings is 1. The lowest BCUT2D eigenvalue weighted by molar-refractivity contribution is -0.0330. The molecule has 0 aliphatic carbocycles. The van der Waals surface area contributed by atoms with Gasteiger partial charge in [-0.15, -0.1) is 0 Å². The molecule has 1 aliphatic heterocycles. The number of carbonyl (C=O) groups excluding carboxylic acids is 1. The molecule has 0 spiro atoms. The van der Waals surface area contributed by atoms with E-state index in [1.165, 1.54) is 35.3 Å². The average molecular weight is 498 g/mol. The van der Waals surface area contributed by atoms with Crippen molar-refractivity contribution >= 4 is 50.3 Å². The number of carbonyl (C=O) groups is 1. The molecule has 0 bridgehead atoms. The number of anilines is 2. The third-order valence-electron chi connectivity index (χ3n) is 5.08. The van der Waals surface area contributed by atoms with E-state index in [1.807, 2.05) is 0 Å². The van der Waals surface area contributed by atoms with E-state index in [9.17, 15) is 23.4 Å². The van der Waals surface area contributed by atoms with Crippen LogP contribution in [0.15, 0.2) is 36.8 Å². The quantitative estimate of drug-likeness (QED) is 0.232. The lowest BCUT2D eigenvalue weighted by Crippen LogP contribution is -2.45. The number of hydrogen-bond donors (Lipinski definition) is 6. The minimum Gasteiger partial charge on any atom is -0.398 e. The Morgan fingerprint density at radius 2 is 1.94 bits per heavy atom. The van der Waals surface area contributed by atoms with E-state index >= 15 is 0 Å². The predicted molar refractivity (Wildman–Crippen MR) is 118 cm³/mol. The first kappa shape index (κ1) is 23.2. The third kappa shape index (κ3) is 4.44. The topological polar surface area (TPSA) is 208 Å². The highest BCUT2D eigenvalue weighted by molar-refractivity contribution is 7.88. The molecule has 1 amide bonds. The fourth-order valence-electron chi connectivity index (χ4n) is 3.45. The van der Waals surface area contributed by atoms with E-state index in [0.29, 0.717) is 16.9 Å². The van der Waals surface area contributed by atoms with Crippen LogP contribution in [0.5, 0.6) is 0 Å². The van der Waals surface area contributed by atoms with Crippen LogP contribution in [0.4, 0.5) is 11.4 Å². The molecule has 13 nitrogen and oxygen atoms in total. The molecule has 0 unspecified atom stereocenters. The molecule has 1 aromatic carbocycles. The maximum atomic E-state index is 12.3. The van der Waals surface area contributed by atoms with Crippen molar-refractivity contribution in [3.63, 3.8) is 0 Å². The summed E-state index contributed by atoms with van der Waals surface area (Å²) < 4.78 is 35.6. The Labute approximate surface area is 192 Å². The number of ether oxygens (including phenoxy) is 1. The van der Waals surface area contributed by atoms with Crippen molar-refractivity contribution in [2.24, 2.45) is 0 Å². The van der Waals surface area contributed by atoms with Crippen LogP contribution >= 0.6 is 11.6 Å². The molecule has 33 heavy (non-hydrogen) atoms. The van der Waals surface area contributed by atoms with Gasteiger partial charge in [0.1, 0.15) is 23.8 Å². The van der Waals surface area contributed by atoms with Gasteiger partial charge in [0, 0.05) is 18.4 Å². The lowest BCUT2D eigenvalue weighted by Gasteiger charge is -2.17. The van der Waals surface area contributed by atoms with Gasteiger partial charge in [-0.3, -0.25) is 9.36 Å². The predicted octanol–water partition coefficient (Wildman–Crippen LogP) is -0.867. The smallest absolute Gasteiger partial charge is 0.301 e. The van der Waals surface area contributed by atoms with Crippen molar-refractivity contribution in [1.82, 2.24) is 24.0 Å². The standard InChI is InChI=1S/C18H20ClN7O6S/c19-8-2-1-3-9(20)12(8)17(29)25-33(30,31)24-6-11-14(27)15(28)18(32-11)26-7-23-13-10(21)4-5-22-16(13)26/h1-5,7,11,14-15,18,24,27-28H,6,20H2,(H2,21,22)(H,25,29)/t11-,14-,15-,18-/m1/s1. The summed E-state index contributed by atoms with van der Waals surface area (Å²) in [4.78, 5) is 20.6. The Kier molecular flexibility index (Phi) is 6.13. The minimum absolute atomic E-state index is 0.00230. The first-order valence-corrected chi connectivity index (χ1v) is 11.4. The number of nitrogens with two attached hydrogens (primary N) is 2. The van der Waals surface area contributed by atoms with Crippen LogP contribution in [-0.2, 0) is 14.9 Å². The number of aliphatic hydroxyl groups is 2. The van der Waals surface area contributed by atoms with Crippen LogP contribution < -0.4 is 20.9 Å². The summed E-state index contributed by atoms with van der Waals surface area (Å²) in [5, 5.41) is 20.8. The van der Waals surface area contributed by atoms with Crippen molar-refractivity contribution in [2.75, 3.05) is 18.0 Å². The van der Waals surface area contributed by atoms with Crippen LogP contribution in [0, 0.1) is 0 Å². The molecule has 1 aliphatic rings. The van der Waals surface area contributed by atoms with Crippen molar-refractivity contribution in [1.29, 1.82) is 0 Å². The second kappa shape index (κ2) is 8.74. The number of nitrogen functional groups attached to an aromatic ring is 2. The molecule has 1 saturated heterocycles. The van der Waals surface area contributed by atoms with E-state index in [0.717, 1.165) is 0 Å².